The van der Waals surface area contributed by atoms with Crippen LogP contribution < -0.4 is 15.0 Å². The van der Waals surface area contributed by atoms with Crippen molar-refractivity contribution in [1.29, 1.82) is 0 Å². The SMILES string of the molecule is CCN(CC)c1ccc2c(c1)Oc1cc(C)c(Nc3c(C)cccc3C)cc1C2c1ccccc1C(=O)OC(c1ccccc1)(c1ccccc1)c1ccccc1. The highest BCUT2D eigenvalue weighted by Gasteiger charge is 2.42. The zero-order valence-electron chi connectivity index (χ0n) is 33.3. The van der Waals surface area contributed by atoms with Gasteiger partial charge in [0.15, 0.2) is 5.60 Å². The molecule has 0 amide bonds. The van der Waals surface area contributed by atoms with Crippen LogP contribution in [0.1, 0.15) is 80.2 Å². The Kier molecular flexibility index (Phi) is 10.4. The lowest BCUT2D eigenvalue weighted by Crippen LogP contribution is -2.35. The molecule has 57 heavy (non-hydrogen) atoms. The fraction of sp³-hybridized carbons (Fsp3) is 0.173. The van der Waals surface area contributed by atoms with Crippen LogP contribution in [0.5, 0.6) is 11.5 Å². The first-order valence-electron chi connectivity index (χ1n) is 19.9. The van der Waals surface area contributed by atoms with Crippen LogP contribution >= 0.6 is 0 Å². The van der Waals surface area contributed by atoms with Gasteiger partial charge in [0, 0.05) is 70.0 Å². The number of hydrogen-bond donors (Lipinski definition) is 1. The molecule has 5 heteroatoms. The van der Waals surface area contributed by atoms with Crippen LogP contribution in [-0.2, 0) is 10.3 Å². The van der Waals surface area contributed by atoms with Crippen molar-refractivity contribution < 1.29 is 14.3 Å². The summed E-state index contributed by atoms with van der Waals surface area (Å²) in [6, 6.07) is 55.1. The van der Waals surface area contributed by atoms with Crippen LogP contribution in [0.3, 0.4) is 0 Å². The summed E-state index contributed by atoms with van der Waals surface area (Å²) in [5.74, 6) is 0.792. The Morgan fingerprint density at radius 1 is 0.596 bits per heavy atom. The van der Waals surface area contributed by atoms with Crippen LogP contribution in [0.4, 0.5) is 17.1 Å². The van der Waals surface area contributed by atoms with E-state index in [1.54, 1.807) is 0 Å². The van der Waals surface area contributed by atoms with Crippen LogP contribution in [-0.4, -0.2) is 19.1 Å². The van der Waals surface area contributed by atoms with Crippen LogP contribution in [0, 0.1) is 20.8 Å². The number of nitrogens with zero attached hydrogens (tertiary/aromatic N) is 1. The highest BCUT2D eigenvalue weighted by Crippen LogP contribution is 2.51. The lowest BCUT2D eigenvalue weighted by atomic mass is 9.79. The van der Waals surface area contributed by atoms with Crippen molar-refractivity contribution in [3.63, 3.8) is 0 Å². The van der Waals surface area contributed by atoms with Gasteiger partial charge in [0.25, 0.3) is 0 Å². The average Bonchev–Trinajstić information content (AvgIpc) is 3.25. The zero-order chi connectivity index (χ0) is 39.5. The molecule has 0 radical (unpaired) electrons. The maximum absolute atomic E-state index is 15.3. The molecule has 284 valence electrons. The summed E-state index contributed by atoms with van der Waals surface area (Å²) in [4.78, 5) is 17.6. The number of aryl methyl sites for hydroxylation is 3. The van der Waals surface area contributed by atoms with E-state index in [-0.39, 0.29) is 5.92 Å². The molecule has 0 aliphatic carbocycles. The summed E-state index contributed by atoms with van der Waals surface area (Å²) in [6.45, 7) is 12.4. The second kappa shape index (κ2) is 15.9. The van der Waals surface area contributed by atoms with Crippen molar-refractivity contribution in [2.75, 3.05) is 23.3 Å². The summed E-state index contributed by atoms with van der Waals surface area (Å²) in [6.07, 6.45) is 0. The highest BCUT2D eigenvalue weighted by molar-refractivity contribution is 5.93. The Hall–Kier alpha value is -6.59. The summed E-state index contributed by atoms with van der Waals surface area (Å²) in [7, 11) is 0. The molecule has 1 heterocycles. The van der Waals surface area contributed by atoms with E-state index in [4.69, 9.17) is 9.47 Å². The number of hydrogen-bond acceptors (Lipinski definition) is 5. The fourth-order valence-corrected chi connectivity index (χ4v) is 8.37. The second-order valence-electron chi connectivity index (χ2n) is 14.8. The predicted octanol–water partition coefficient (Wildman–Crippen LogP) is 12.6. The molecule has 1 N–H and O–H groups in total. The van der Waals surface area contributed by atoms with E-state index in [0.29, 0.717) is 5.56 Å². The van der Waals surface area contributed by atoms with Crippen molar-refractivity contribution in [2.45, 2.75) is 46.1 Å². The molecule has 1 aliphatic heterocycles. The Morgan fingerprint density at radius 3 is 1.72 bits per heavy atom. The summed E-state index contributed by atoms with van der Waals surface area (Å²) in [5, 5.41) is 3.76. The lowest BCUT2D eigenvalue weighted by molar-refractivity contribution is 0.0140. The summed E-state index contributed by atoms with van der Waals surface area (Å²) >= 11 is 0. The summed E-state index contributed by atoms with van der Waals surface area (Å²) < 4.78 is 13.9. The number of carbonyl (C=O) groups is 1. The minimum Gasteiger partial charge on any atom is -0.457 e. The average molecular weight is 749 g/mol. The number of nitrogens with one attached hydrogen (secondary N) is 1. The van der Waals surface area contributed by atoms with Gasteiger partial charge in [-0.25, -0.2) is 4.79 Å². The highest BCUT2D eigenvalue weighted by atomic mass is 16.6. The van der Waals surface area contributed by atoms with Gasteiger partial charge in [0.1, 0.15) is 11.5 Å². The van der Waals surface area contributed by atoms with E-state index in [9.17, 15) is 0 Å². The Balaban J connectivity index is 1.31. The monoisotopic (exact) mass is 748 g/mol. The molecule has 0 bridgehead atoms. The topological polar surface area (TPSA) is 50.8 Å². The number of benzene rings is 7. The second-order valence-corrected chi connectivity index (χ2v) is 14.8. The van der Waals surface area contributed by atoms with E-state index < -0.39 is 11.6 Å². The van der Waals surface area contributed by atoms with E-state index in [2.05, 4.69) is 99.4 Å². The minimum atomic E-state index is -1.22. The van der Waals surface area contributed by atoms with Crippen molar-refractivity contribution in [3.8, 4) is 11.5 Å². The smallest absolute Gasteiger partial charge is 0.340 e. The number of rotatable bonds is 11. The molecule has 0 aromatic heterocycles. The van der Waals surface area contributed by atoms with Gasteiger partial charge in [-0.15, -0.1) is 0 Å². The standard InChI is InChI=1S/C52H48N2O3/c1-6-54(7-2)41-30-31-44-48(33-41)56-47-32-37(5)46(53-50-35(3)20-19-21-36(50)4)34-45(47)49(44)42-28-17-18-29-43(42)51(55)57-52(38-22-11-8-12-23-38,39-24-13-9-14-25-39)40-26-15-10-16-27-40/h8-34,49,53H,6-7H2,1-5H3. The van der Waals surface area contributed by atoms with Gasteiger partial charge in [-0.05, 0) is 81.1 Å². The molecule has 1 atom stereocenters. The van der Waals surface area contributed by atoms with Gasteiger partial charge >= 0.3 is 5.97 Å². The number of ether oxygens (including phenoxy) is 2. The largest absolute Gasteiger partial charge is 0.457 e. The quantitative estimate of drug-likeness (QED) is 0.105. The van der Waals surface area contributed by atoms with Crippen LogP contribution in [0.2, 0.25) is 0 Å². The predicted molar refractivity (Wildman–Crippen MR) is 232 cm³/mol. The number of anilines is 3. The molecule has 5 nitrogen and oxygen atoms in total. The first-order chi connectivity index (χ1) is 27.8. The van der Waals surface area contributed by atoms with Gasteiger partial charge in [0.2, 0.25) is 0 Å². The molecule has 7 aromatic rings. The van der Waals surface area contributed by atoms with E-state index in [1.165, 1.54) is 11.1 Å². The van der Waals surface area contributed by atoms with Gasteiger partial charge in [-0.1, -0.05) is 133 Å². The van der Waals surface area contributed by atoms with Gasteiger partial charge in [-0.2, -0.15) is 0 Å². The maximum Gasteiger partial charge on any atom is 0.340 e. The van der Waals surface area contributed by atoms with Crippen molar-refractivity contribution >= 4 is 23.0 Å². The number of fused-ring (bicyclic) bond motifs is 2. The van der Waals surface area contributed by atoms with Crippen LogP contribution in [0.25, 0.3) is 0 Å². The lowest BCUT2D eigenvalue weighted by Gasteiger charge is -2.36. The molecular formula is C52H48N2O3. The van der Waals surface area contributed by atoms with Crippen molar-refractivity contribution in [3.05, 3.63) is 219 Å². The molecule has 1 aliphatic rings. The van der Waals surface area contributed by atoms with Gasteiger partial charge in [0.05, 0.1) is 5.56 Å². The third kappa shape index (κ3) is 6.95. The molecular weight excluding hydrogens is 701 g/mol. The third-order valence-corrected chi connectivity index (χ3v) is 11.3. The molecule has 0 spiro atoms. The molecule has 8 rings (SSSR count). The van der Waals surface area contributed by atoms with Crippen molar-refractivity contribution in [1.82, 2.24) is 0 Å². The molecule has 1 unspecified atom stereocenters. The zero-order valence-corrected chi connectivity index (χ0v) is 33.3. The Labute approximate surface area is 336 Å². The van der Waals surface area contributed by atoms with Crippen LogP contribution in [0.15, 0.2) is 164 Å². The maximum atomic E-state index is 15.3. The molecule has 7 aromatic carbocycles. The molecule has 0 saturated heterocycles. The first-order valence-corrected chi connectivity index (χ1v) is 19.9. The Morgan fingerprint density at radius 2 is 1.14 bits per heavy atom. The van der Waals surface area contributed by atoms with E-state index in [0.717, 1.165) is 80.6 Å². The fourth-order valence-electron chi connectivity index (χ4n) is 8.37. The van der Waals surface area contributed by atoms with Gasteiger partial charge < -0.3 is 19.7 Å². The third-order valence-electron chi connectivity index (χ3n) is 11.3. The first kappa shape index (κ1) is 37.3. The number of carbonyl (C=O) groups excluding carboxylic acids is 1. The Bertz CT molecular complexity index is 2410. The molecule has 0 fully saturated rings. The normalized spacial score (nSPS) is 13.2. The minimum absolute atomic E-state index is 0.336. The molecule has 0 saturated carbocycles. The summed E-state index contributed by atoms with van der Waals surface area (Å²) in [5.41, 5.74) is 11.2. The van der Waals surface area contributed by atoms with E-state index >= 15 is 4.79 Å². The van der Waals surface area contributed by atoms with Gasteiger partial charge in [-0.3, -0.25) is 0 Å². The number of esters is 1. The van der Waals surface area contributed by atoms with Crippen molar-refractivity contribution in [2.24, 2.45) is 0 Å². The van der Waals surface area contributed by atoms with E-state index in [1.807, 2.05) is 109 Å². The number of para-hydroxylation sites is 1.